The molecule has 1 saturated heterocycles. The van der Waals surface area contributed by atoms with Gasteiger partial charge in [0.05, 0.1) is 25.1 Å². The van der Waals surface area contributed by atoms with Gasteiger partial charge in [0, 0.05) is 19.5 Å². The van der Waals surface area contributed by atoms with Crippen LogP contribution in [-0.4, -0.2) is 58.0 Å². The summed E-state index contributed by atoms with van der Waals surface area (Å²) in [4.78, 5) is 23.2. The van der Waals surface area contributed by atoms with E-state index in [-0.39, 0.29) is 5.69 Å². The topological polar surface area (TPSA) is 97.8 Å². The lowest BCUT2D eigenvalue weighted by atomic mass is 9.93. The maximum absolute atomic E-state index is 15.0. The highest BCUT2D eigenvalue weighted by molar-refractivity contribution is 6.02. The maximum atomic E-state index is 15.0. The molecule has 0 spiro atoms. The fraction of sp³-hybridized carbons (Fsp3) is 0.407. The lowest BCUT2D eigenvalue weighted by Gasteiger charge is -2.29. The average Bonchev–Trinajstić information content (AvgIpc) is 3.57. The summed E-state index contributed by atoms with van der Waals surface area (Å²) in [7, 11) is 0. The summed E-state index contributed by atoms with van der Waals surface area (Å²) in [5.41, 5.74) is 0.00654. The van der Waals surface area contributed by atoms with Gasteiger partial charge in [-0.2, -0.15) is 17.7 Å². The van der Waals surface area contributed by atoms with Crippen LogP contribution in [0.2, 0.25) is 0 Å². The van der Waals surface area contributed by atoms with Crippen molar-refractivity contribution in [3.05, 3.63) is 59.3 Å². The lowest BCUT2D eigenvalue weighted by Crippen LogP contribution is -2.37. The molecule has 5 rings (SSSR count). The first-order valence-corrected chi connectivity index (χ1v) is 12.8. The number of carbonyl (C=O) groups excluding carboxylic acids is 1. The number of aromatic nitrogens is 4. The van der Waals surface area contributed by atoms with Gasteiger partial charge in [-0.15, -0.1) is 5.10 Å². The van der Waals surface area contributed by atoms with Crippen molar-refractivity contribution in [2.75, 3.05) is 36.5 Å². The van der Waals surface area contributed by atoms with E-state index in [1.165, 1.54) is 12.1 Å². The Morgan fingerprint density at radius 2 is 1.85 bits per heavy atom. The number of pyridine rings is 1. The summed E-state index contributed by atoms with van der Waals surface area (Å²) in [6.07, 6.45) is -3.11. The van der Waals surface area contributed by atoms with Gasteiger partial charge in [0.25, 0.3) is 5.91 Å². The highest BCUT2D eigenvalue weighted by Gasteiger charge is 2.52. The molecular formula is C27H28F4N6O3. The van der Waals surface area contributed by atoms with E-state index in [2.05, 4.69) is 25.3 Å². The number of nitrogens with zero attached hydrogens (tertiary/aromatic N) is 5. The molecule has 3 aromatic heterocycles. The molecule has 13 heteroatoms. The van der Waals surface area contributed by atoms with Crippen LogP contribution in [-0.2, 0) is 16.6 Å². The van der Waals surface area contributed by atoms with Gasteiger partial charge in [-0.3, -0.25) is 4.79 Å². The van der Waals surface area contributed by atoms with E-state index < -0.39 is 35.0 Å². The van der Waals surface area contributed by atoms with Gasteiger partial charge in [-0.05, 0) is 61.7 Å². The first-order valence-electron chi connectivity index (χ1n) is 12.8. The number of benzene rings is 1. The van der Waals surface area contributed by atoms with Gasteiger partial charge in [0.2, 0.25) is 11.7 Å². The number of hydrogen-bond donors (Lipinski definition) is 1. The SMILES string of the molecule is CCc1nc2cc(-c3cc(NC(=O)c4cnc(C(C)(C)C(F)(F)F)o4)c(F)cc3C)cc(N3CCOCC3)n2n1. The first kappa shape index (κ1) is 27.6. The number of fused-ring (bicyclic) bond motifs is 1. The summed E-state index contributed by atoms with van der Waals surface area (Å²) in [6, 6.07) is 6.53. The second kappa shape index (κ2) is 10.2. The third kappa shape index (κ3) is 5.01. The zero-order chi connectivity index (χ0) is 28.8. The van der Waals surface area contributed by atoms with Crippen LogP contribution < -0.4 is 10.2 Å². The Hall–Kier alpha value is -4.00. The summed E-state index contributed by atoms with van der Waals surface area (Å²) < 4.78 is 67.5. The molecule has 0 saturated carbocycles. The molecule has 0 aliphatic carbocycles. The minimum Gasteiger partial charge on any atom is -0.435 e. The molecule has 4 heterocycles. The third-order valence-electron chi connectivity index (χ3n) is 6.96. The number of aryl methyl sites for hydroxylation is 2. The summed E-state index contributed by atoms with van der Waals surface area (Å²) >= 11 is 0. The number of carbonyl (C=O) groups is 1. The van der Waals surface area contributed by atoms with Crippen LogP contribution in [0.15, 0.2) is 34.9 Å². The van der Waals surface area contributed by atoms with Crippen molar-refractivity contribution in [1.29, 1.82) is 0 Å². The van der Waals surface area contributed by atoms with Crippen molar-refractivity contribution in [3.8, 4) is 11.1 Å². The molecule has 1 aliphatic heterocycles. The van der Waals surface area contributed by atoms with Crippen molar-refractivity contribution >= 4 is 23.1 Å². The Labute approximate surface area is 227 Å². The van der Waals surface area contributed by atoms with Crippen LogP contribution in [0, 0.1) is 12.7 Å². The van der Waals surface area contributed by atoms with Crippen molar-refractivity contribution in [3.63, 3.8) is 0 Å². The van der Waals surface area contributed by atoms with Crippen molar-refractivity contribution in [1.82, 2.24) is 19.6 Å². The molecule has 1 aliphatic rings. The Balaban J connectivity index is 1.50. The Morgan fingerprint density at radius 3 is 2.52 bits per heavy atom. The van der Waals surface area contributed by atoms with E-state index in [1.54, 1.807) is 11.4 Å². The van der Waals surface area contributed by atoms with Gasteiger partial charge >= 0.3 is 6.18 Å². The number of morpholine rings is 1. The first-order chi connectivity index (χ1) is 18.9. The van der Waals surface area contributed by atoms with E-state index in [9.17, 15) is 22.4 Å². The monoisotopic (exact) mass is 560 g/mol. The predicted octanol–water partition coefficient (Wildman–Crippen LogP) is 5.32. The normalized spacial score (nSPS) is 14.7. The van der Waals surface area contributed by atoms with Gasteiger partial charge in [-0.1, -0.05) is 6.92 Å². The lowest BCUT2D eigenvalue weighted by molar-refractivity contribution is -0.186. The number of alkyl halides is 3. The van der Waals surface area contributed by atoms with Gasteiger partial charge in [-0.25, -0.2) is 14.4 Å². The molecule has 40 heavy (non-hydrogen) atoms. The van der Waals surface area contributed by atoms with Crippen molar-refractivity contribution < 1.29 is 31.5 Å². The summed E-state index contributed by atoms with van der Waals surface area (Å²) in [6.45, 7) is 7.95. The highest BCUT2D eigenvalue weighted by atomic mass is 19.4. The van der Waals surface area contributed by atoms with Crippen LogP contribution in [0.4, 0.5) is 29.1 Å². The van der Waals surface area contributed by atoms with Crippen LogP contribution in [0.1, 0.15) is 48.6 Å². The van der Waals surface area contributed by atoms with E-state index >= 15 is 0 Å². The fourth-order valence-corrected chi connectivity index (χ4v) is 4.39. The number of hydrogen-bond acceptors (Lipinski definition) is 7. The van der Waals surface area contributed by atoms with E-state index in [0.717, 1.165) is 31.4 Å². The highest BCUT2D eigenvalue weighted by Crippen LogP contribution is 2.40. The van der Waals surface area contributed by atoms with Crippen LogP contribution in [0.3, 0.4) is 0 Å². The smallest absolute Gasteiger partial charge is 0.402 e. The summed E-state index contributed by atoms with van der Waals surface area (Å²) in [5.74, 6) is -1.30. The Kier molecular flexibility index (Phi) is 7.02. The molecular weight excluding hydrogens is 532 g/mol. The average molecular weight is 561 g/mol. The largest absolute Gasteiger partial charge is 0.435 e. The minimum atomic E-state index is -4.65. The minimum absolute atomic E-state index is 0.165. The van der Waals surface area contributed by atoms with E-state index in [4.69, 9.17) is 9.15 Å². The zero-order valence-electron chi connectivity index (χ0n) is 22.4. The van der Waals surface area contributed by atoms with E-state index in [0.29, 0.717) is 55.3 Å². The Bertz CT molecular complexity index is 1570. The van der Waals surface area contributed by atoms with Crippen LogP contribution in [0.5, 0.6) is 0 Å². The number of rotatable bonds is 6. The van der Waals surface area contributed by atoms with Gasteiger partial charge in [0.1, 0.15) is 17.1 Å². The second-order valence-electron chi connectivity index (χ2n) is 10.1. The summed E-state index contributed by atoms with van der Waals surface area (Å²) in [5, 5.41) is 7.03. The van der Waals surface area contributed by atoms with Crippen molar-refractivity contribution in [2.24, 2.45) is 0 Å². The maximum Gasteiger partial charge on any atom is 0.402 e. The molecule has 1 amide bonds. The second-order valence-corrected chi connectivity index (χ2v) is 10.1. The number of amides is 1. The molecule has 9 nitrogen and oxygen atoms in total. The molecule has 4 aromatic rings. The molecule has 212 valence electrons. The number of nitrogens with one attached hydrogen (secondary N) is 1. The third-order valence-corrected chi connectivity index (χ3v) is 6.96. The number of oxazole rings is 1. The molecule has 1 aromatic carbocycles. The molecule has 0 bridgehead atoms. The zero-order valence-corrected chi connectivity index (χ0v) is 22.4. The van der Waals surface area contributed by atoms with Crippen molar-refractivity contribution in [2.45, 2.75) is 45.7 Å². The molecule has 0 radical (unpaired) electrons. The molecule has 1 fully saturated rings. The Morgan fingerprint density at radius 1 is 1.12 bits per heavy atom. The standard InChI is InChI=1S/C27H28F4N6O3/c1-5-21-34-22-11-16(12-23(37(22)35-21)36-6-8-39-9-7-36)17-13-19(18(28)10-15(17)2)33-24(38)20-14-32-25(40-20)26(3,4)27(29,30)31/h10-14H,5-9H2,1-4H3,(H,33,38). The number of ether oxygens (including phenoxy) is 1. The predicted molar refractivity (Wildman–Crippen MR) is 139 cm³/mol. The van der Waals surface area contributed by atoms with Gasteiger partial charge < -0.3 is 19.4 Å². The quantitative estimate of drug-likeness (QED) is 0.319. The number of halogens is 4. The molecule has 0 unspecified atom stereocenters. The molecule has 1 N–H and O–H groups in total. The molecule has 0 atom stereocenters. The van der Waals surface area contributed by atoms with E-state index in [1.807, 2.05) is 19.1 Å². The number of anilines is 2. The van der Waals surface area contributed by atoms with Gasteiger partial charge in [0.15, 0.2) is 11.5 Å². The van der Waals surface area contributed by atoms with Crippen LogP contribution in [0.25, 0.3) is 16.8 Å². The fourth-order valence-electron chi connectivity index (χ4n) is 4.39. The van der Waals surface area contributed by atoms with Crippen LogP contribution >= 0.6 is 0 Å².